The first-order chi connectivity index (χ1) is 6.24. The summed E-state index contributed by atoms with van der Waals surface area (Å²) in [6.07, 6.45) is 0. The third-order valence-electron chi connectivity index (χ3n) is 1.87. The molecule has 1 heterocycles. The third kappa shape index (κ3) is 1.76. The molecule has 0 nitrogen and oxygen atoms in total. The number of benzene rings is 1. The molecule has 0 saturated heterocycles. The van der Waals surface area contributed by atoms with Crippen LogP contribution >= 0.6 is 61.5 Å². The van der Waals surface area contributed by atoms with E-state index < -0.39 is 0 Å². The molecule has 1 aromatic carbocycles. The van der Waals surface area contributed by atoms with Crippen LogP contribution in [0.5, 0.6) is 0 Å². The molecule has 2 aromatic rings. The van der Waals surface area contributed by atoms with Crippen molar-refractivity contribution in [1.29, 1.82) is 0 Å². The molecule has 68 valence electrons. The second kappa shape index (κ2) is 4.04. The Morgan fingerprint density at radius 3 is 3.00 bits per heavy atom. The molecule has 4 heteroatoms. The lowest BCUT2D eigenvalue weighted by molar-refractivity contribution is 1.44. The summed E-state index contributed by atoms with van der Waals surface area (Å²) in [7, 11) is 0. The Bertz CT molecular complexity index is 452. The van der Waals surface area contributed by atoms with Gasteiger partial charge >= 0.3 is 0 Å². The number of fused-ring (bicyclic) bond motifs is 1. The van der Waals surface area contributed by atoms with E-state index in [0.717, 1.165) is 4.47 Å². The second-order valence-corrected chi connectivity index (χ2v) is 5.74. The quantitative estimate of drug-likeness (QED) is 0.477. The molecule has 0 amide bonds. The Hall–Kier alpha value is 0.680. The Morgan fingerprint density at radius 2 is 2.31 bits per heavy atom. The van der Waals surface area contributed by atoms with Gasteiger partial charge in [-0.05, 0) is 67.0 Å². The van der Waals surface area contributed by atoms with E-state index in [9.17, 15) is 0 Å². The number of thiophene rings is 1. The highest BCUT2D eigenvalue weighted by molar-refractivity contribution is 14.1. The Labute approximate surface area is 108 Å². The van der Waals surface area contributed by atoms with Gasteiger partial charge in [-0.3, -0.25) is 0 Å². The van der Waals surface area contributed by atoms with E-state index in [1.54, 1.807) is 11.3 Å². The van der Waals surface area contributed by atoms with Gasteiger partial charge in [0.15, 0.2) is 0 Å². The van der Waals surface area contributed by atoms with Crippen molar-refractivity contribution in [2.75, 3.05) is 0 Å². The highest BCUT2D eigenvalue weighted by Crippen LogP contribution is 2.34. The van der Waals surface area contributed by atoms with E-state index >= 15 is 0 Å². The molecule has 1 aromatic heterocycles. The van der Waals surface area contributed by atoms with Gasteiger partial charge in [-0.1, -0.05) is 0 Å². The minimum atomic E-state index is 0.572. The molecule has 0 bridgehead atoms. The molecule has 0 aliphatic heterocycles. The molecule has 0 unspecified atom stereocenters. The average Bonchev–Trinajstić information content (AvgIpc) is 2.60. The topological polar surface area (TPSA) is 0 Å². The molecule has 0 spiro atoms. The zero-order valence-corrected chi connectivity index (χ0v) is 11.8. The Kier molecular flexibility index (Phi) is 3.18. The van der Waals surface area contributed by atoms with Crippen LogP contribution in [0.1, 0.15) is 5.56 Å². The van der Waals surface area contributed by atoms with Crippen LogP contribution in [-0.4, -0.2) is 0 Å². The minimum Gasteiger partial charge on any atom is -0.143 e. The van der Waals surface area contributed by atoms with Crippen LogP contribution in [-0.2, 0) is 5.88 Å². The van der Waals surface area contributed by atoms with E-state index in [-0.39, 0.29) is 0 Å². The Morgan fingerprint density at radius 1 is 1.54 bits per heavy atom. The van der Waals surface area contributed by atoms with Crippen molar-refractivity contribution in [1.82, 2.24) is 0 Å². The molecule has 0 fully saturated rings. The van der Waals surface area contributed by atoms with Crippen molar-refractivity contribution in [2.45, 2.75) is 5.88 Å². The number of halogens is 3. The van der Waals surface area contributed by atoms with Crippen molar-refractivity contribution in [3.8, 4) is 0 Å². The summed E-state index contributed by atoms with van der Waals surface area (Å²) in [5.74, 6) is 0.572. The van der Waals surface area contributed by atoms with Crippen LogP contribution in [0.4, 0.5) is 0 Å². The second-order valence-electron chi connectivity index (χ2n) is 2.63. The van der Waals surface area contributed by atoms with Crippen molar-refractivity contribution in [3.63, 3.8) is 0 Å². The summed E-state index contributed by atoms with van der Waals surface area (Å²) in [6, 6.07) is 4.23. The SMILES string of the molecule is ClCc1cc(Br)c(I)c2sccc12. The molecule has 13 heavy (non-hydrogen) atoms. The number of hydrogen-bond acceptors (Lipinski definition) is 1. The van der Waals surface area contributed by atoms with Gasteiger partial charge in [-0.2, -0.15) is 0 Å². The molecule has 0 aliphatic rings. The van der Waals surface area contributed by atoms with Gasteiger partial charge < -0.3 is 0 Å². The van der Waals surface area contributed by atoms with Crippen LogP contribution in [0, 0.1) is 3.57 Å². The highest BCUT2D eigenvalue weighted by Gasteiger charge is 2.08. The standard InChI is InChI=1S/C9H5BrClIS/c10-7-3-5(4-11)6-1-2-13-9(6)8(7)12/h1-3H,4H2. The lowest BCUT2D eigenvalue weighted by Gasteiger charge is -2.03. The van der Waals surface area contributed by atoms with Crippen LogP contribution in [0.15, 0.2) is 22.0 Å². The van der Waals surface area contributed by atoms with Gasteiger partial charge in [0.25, 0.3) is 0 Å². The number of hydrogen-bond donors (Lipinski definition) is 0. The van der Waals surface area contributed by atoms with Gasteiger partial charge in [-0.15, -0.1) is 22.9 Å². The lowest BCUT2D eigenvalue weighted by atomic mass is 10.1. The molecule has 2 rings (SSSR count). The lowest BCUT2D eigenvalue weighted by Crippen LogP contribution is -1.83. The van der Waals surface area contributed by atoms with Gasteiger partial charge in [0.05, 0.1) is 0 Å². The smallest absolute Gasteiger partial charge is 0.0490 e. The predicted molar refractivity (Wildman–Crippen MR) is 71.8 cm³/mol. The van der Waals surface area contributed by atoms with Crippen LogP contribution < -0.4 is 0 Å². The number of alkyl halides is 1. The maximum Gasteiger partial charge on any atom is 0.0490 e. The zero-order chi connectivity index (χ0) is 9.42. The van der Waals surface area contributed by atoms with Crippen molar-refractivity contribution < 1.29 is 0 Å². The third-order valence-corrected chi connectivity index (χ3v) is 5.94. The molecular weight excluding hydrogens is 382 g/mol. The summed E-state index contributed by atoms with van der Waals surface area (Å²) < 4.78 is 3.74. The fourth-order valence-electron chi connectivity index (χ4n) is 1.25. The summed E-state index contributed by atoms with van der Waals surface area (Å²) in [5, 5.41) is 3.39. The van der Waals surface area contributed by atoms with E-state index in [1.165, 1.54) is 19.2 Å². The highest BCUT2D eigenvalue weighted by atomic mass is 127. The van der Waals surface area contributed by atoms with Gasteiger partial charge in [0.2, 0.25) is 0 Å². The summed E-state index contributed by atoms with van der Waals surface area (Å²) in [4.78, 5) is 0. The molecule has 0 saturated carbocycles. The first kappa shape index (κ1) is 10.2. The van der Waals surface area contributed by atoms with E-state index in [2.05, 4.69) is 56.0 Å². The normalized spacial score (nSPS) is 11.0. The summed E-state index contributed by atoms with van der Waals surface area (Å²) in [5.41, 5.74) is 1.20. The maximum atomic E-state index is 5.87. The maximum absolute atomic E-state index is 5.87. The van der Waals surface area contributed by atoms with Gasteiger partial charge in [-0.25, -0.2) is 0 Å². The fraction of sp³-hybridized carbons (Fsp3) is 0.111. The average molecular weight is 387 g/mol. The van der Waals surface area contributed by atoms with Crippen molar-refractivity contribution >= 4 is 71.5 Å². The summed E-state index contributed by atoms with van der Waals surface area (Å²) in [6.45, 7) is 0. The van der Waals surface area contributed by atoms with Gasteiger partial charge in [0.1, 0.15) is 0 Å². The summed E-state index contributed by atoms with van der Waals surface area (Å²) >= 11 is 13.5. The number of rotatable bonds is 1. The van der Waals surface area contributed by atoms with E-state index in [4.69, 9.17) is 11.6 Å². The van der Waals surface area contributed by atoms with Crippen LogP contribution in [0.25, 0.3) is 10.1 Å². The molecular formula is C9H5BrClIS. The fourth-order valence-corrected chi connectivity index (χ4v) is 3.78. The zero-order valence-electron chi connectivity index (χ0n) is 6.48. The van der Waals surface area contributed by atoms with Crippen LogP contribution in [0.2, 0.25) is 0 Å². The molecule has 0 atom stereocenters. The van der Waals surface area contributed by atoms with E-state index in [0.29, 0.717) is 5.88 Å². The molecule has 0 N–H and O–H groups in total. The van der Waals surface area contributed by atoms with Crippen molar-refractivity contribution in [3.05, 3.63) is 31.1 Å². The monoisotopic (exact) mass is 386 g/mol. The molecule has 0 radical (unpaired) electrons. The minimum absolute atomic E-state index is 0.572. The first-order valence-electron chi connectivity index (χ1n) is 3.64. The first-order valence-corrected chi connectivity index (χ1v) is 6.92. The Balaban J connectivity index is 2.87. The van der Waals surface area contributed by atoms with Gasteiger partial charge in [0, 0.05) is 18.6 Å². The van der Waals surface area contributed by atoms with Crippen molar-refractivity contribution in [2.24, 2.45) is 0 Å². The molecule has 0 aliphatic carbocycles. The largest absolute Gasteiger partial charge is 0.143 e. The predicted octanol–water partition coefficient (Wildman–Crippen LogP) is 5.01. The van der Waals surface area contributed by atoms with Crippen LogP contribution in [0.3, 0.4) is 0 Å². The van der Waals surface area contributed by atoms with E-state index in [1.807, 2.05) is 0 Å².